The number of hydrogen-bond donors (Lipinski definition) is 9. The van der Waals surface area contributed by atoms with Crippen molar-refractivity contribution in [3.05, 3.63) is 104 Å². The number of primary amides is 1. The molecule has 5 atom stereocenters. The van der Waals surface area contributed by atoms with Crippen molar-refractivity contribution in [1.29, 1.82) is 0 Å². The summed E-state index contributed by atoms with van der Waals surface area (Å²) >= 11 is 0. The normalized spacial score (nSPS) is 17.8. The maximum Gasteiger partial charge on any atom is 0.473 e. The zero-order chi connectivity index (χ0) is 54.5. The van der Waals surface area contributed by atoms with Gasteiger partial charge in [-0.1, -0.05) is 39.5 Å². The summed E-state index contributed by atoms with van der Waals surface area (Å²) < 4.78 is 50.9. The number of ether oxygens (including phenoxy) is 2. The molecular formula is C50H61FN9O14P. The quantitative estimate of drug-likeness (QED) is 0.0207. The van der Waals surface area contributed by atoms with Crippen molar-refractivity contribution in [3.63, 3.8) is 0 Å². The number of urea groups is 1. The van der Waals surface area contributed by atoms with Crippen LogP contribution in [-0.2, 0) is 80.6 Å². The van der Waals surface area contributed by atoms with Gasteiger partial charge >= 0.3 is 25.9 Å². The van der Waals surface area contributed by atoms with Crippen LogP contribution >= 0.6 is 7.82 Å². The molecule has 23 nitrogen and oxygen atoms in total. The Morgan fingerprint density at radius 3 is 2.53 bits per heavy atom. The largest absolute Gasteiger partial charge is 0.473 e. The standard InChI is InChI=1S/C50H61FN9O14P/c1-7-16-71-49(67)59-42(25(3)4)45(63)58-36(10-9-15-54-48(52)66)44(62)55-29-12-11-27(28(17-29)20-53-6)22-73-75(69,70)74-24-39(61)56-35-14-13-30-26(5)34(51)19-37-40(30)41(35)31-21-60-38(43(31)57-37)18-33-32(46(60)64)23-72-47(65)50(33,68)8-2/h7,11-12,17-19,25,35-36,42,53,68H,1,8-10,13-16,20-24H2,2-6H3,(H,55,62)(H,56,61)(H,58,63)(H,59,67)(H,69,70)(H3,52,54,66)/t35-,36-,42-,50-/m0/s1. The summed E-state index contributed by atoms with van der Waals surface area (Å²) in [5.41, 5.74) is 7.09. The molecule has 402 valence electrons. The predicted molar refractivity (Wildman–Crippen MR) is 269 cm³/mol. The van der Waals surface area contributed by atoms with Crippen molar-refractivity contribution >= 4 is 60.2 Å². The maximum atomic E-state index is 15.4. The van der Waals surface area contributed by atoms with Crippen molar-refractivity contribution in [1.82, 2.24) is 36.1 Å². The summed E-state index contributed by atoms with van der Waals surface area (Å²) in [4.78, 5) is 107. The number of nitrogens with zero attached hydrogens (tertiary/aromatic N) is 2. The number of phosphoric acid groups is 1. The number of aromatic nitrogens is 2. The van der Waals surface area contributed by atoms with E-state index < -0.39 is 97.9 Å². The number of rotatable bonds is 22. The molecule has 0 fully saturated rings. The third kappa shape index (κ3) is 12.1. The Balaban J connectivity index is 1.03. The summed E-state index contributed by atoms with van der Waals surface area (Å²) in [7, 11) is -3.27. The fourth-order valence-corrected chi connectivity index (χ4v) is 10.2. The summed E-state index contributed by atoms with van der Waals surface area (Å²) in [6.07, 6.45) is 1.34. The first-order chi connectivity index (χ1) is 35.6. The van der Waals surface area contributed by atoms with Crippen LogP contribution in [0.4, 0.5) is 19.7 Å². The highest BCUT2D eigenvalue weighted by molar-refractivity contribution is 7.47. The monoisotopic (exact) mass is 1060 g/mol. The second-order valence-corrected chi connectivity index (χ2v) is 20.2. The molecule has 0 radical (unpaired) electrons. The molecule has 75 heavy (non-hydrogen) atoms. The van der Waals surface area contributed by atoms with Crippen LogP contribution in [-0.4, -0.2) is 94.3 Å². The molecular weight excluding hydrogens is 1000 g/mol. The first kappa shape index (κ1) is 55.7. The van der Waals surface area contributed by atoms with E-state index in [1.807, 2.05) is 0 Å². The third-order valence-electron chi connectivity index (χ3n) is 13.5. The zero-order valence-electron chi connectivity index (χ0n) is 42.1. The lowest BCUT2D eigenvalue weighted by atomic mass is 9.81. The number of benzene rings is 2. The number of aryl methyl sites for hydroxylation is 1. The van der Waals surface area contributed by atoms with Gasteiger partial charge in [0.05, 0.1) is 41.7 Å². The van der Waals surface area contributed by atoms with E-state index in [9.17, 15) is 48.1 Å². The van der Waals surface area contributed by atoms with Gasteiger partial charge in [0.15, 0.2) is 5.60 Å². The van der Waals surface area contributed by atoms with Crippen LogP contribution in [0, 0.1) is 18.7 Å². The molecule has 6 amide bonds. The lowest BCUT2D eigenvalue weighted by Crippen LogP contribution is -2.54. The Morgan fingerprint density at radius 1 is 1.08 bits per heavy atom. The Kier molecular flexibility index (Phi) is 17.2. The summed E-state index contributed by atoms with van der Waals surface area (Å²) in [6.45, 7) is 8.59. The average Bonchev–Trinajstić information content (AvgIpc) is 3.74. The number of carbonyl (C=O) groups is 6. The molecule has 0 spiro atoms. The number of phosphoric ester groups is 1. The minimum Gasteiger partial charge on any atom is -0.458 e. The topological polar surface area (TPSA) is 330 Å². The molecule has 0 saturated heterocycles. The second kappa shape index (κ2) is 23.2. The number of hydrogen-bond acceptors (Lipinski definition) is 15. The van der Waals surface area contributed by atoms with Gasteiger partial charge in [0.1, 0.15) is 37.7 Å². The van der Waals surface area contributed by atoms with Gasteiger partial charge in [-0.15, -0.1) is 0 Å². The third-order valence-corrected chi connectivity index (χ3v) is 14.4. The van der Waals surface area contributed by atoms with Crippen molar-refractivity contribution in [2.24, 2.45) is 11.7 Å². The molecule has 10 N–H and O–H groups in total. The molecule has 2 aromatic heterocycles. The van der Waals surface area contributed by atoms with Crippen LogP contribution < -0.4 is 43.2 Å². The SMILES string of the molecule is C=CCOC(=O)N[C@H](C(=O)N[C@@H](CCCNC(N)=O)C(=O)Nc1ccc(COP(=O)(O)OCC(=O)N[C@H]2CCc3c(C)c(F)cc4nc5c(c2c34)Cn2c-5cc3c(c2=O)COC(=O)[C@]3(O)CC)c(CNC)c1)C(C)C. The number of nitrogens with one attached hydrogen (secondary N) is 6. The minimum atomic E-state index is -4.92. The molecule has 7 rings (SSSR count). The number of fused-ring (bicyclic) bond motifs is 5. The molecule has 1 aliphatic carbocycles. The molecule has 0 saturated carbocycles. The van der Waals surface area contributed by atoms with E-state index in [-0.39, 0.29) is 80.9 Å². The Bertz CT molecular complexity index is 3080. The molecule has 3 aliphatic rings. The Hall–Kier alpha value is -7.08. The van der Waals surface area contributed by atoms with Crippen LogP contribution in [0.1, 0.15) is 97.0 Å². The van der Waals surface area contributed by atoms with Crippen LogP contribution in [0.2, 0.25) is 0 Å². The van der Waals surface area contributed by atoms with Gasteiger partial charge < -0.3 is 61.7 Å². The molecule has 25 heteroatoms. The number of carbonyl (C=O) groups excluding carboxylic acids is 6. The summed E-state index contributed by atoms with van der Waals surface area (Å²) in [5.74, 6) is -3.89. The van der Waals surface area contributed by atoms with E-state index in [4.69, 9.17) is 29.2 Å². The van der Waals surface area contributed by atoms with E-state index in [2.05, 4.69) is 38.5 Å². The van der Waals surface area contributed by atoms with Gasteiger partial charge in [0.25, 0.3) is 5.56 Å². The number of pyridine rings is 2. The fraction of sp³-hybridized carbons (Fsp3) is 0.440. The number of alkyl carbamates (subject to hydrolysis) is 1. The second-order valence-electron chi connectivity index (χ2n) is 18.7. The minimum absolute atomic E-state index is 0.000326. The van der Waals surface area contributed by atoms with Crippen molar-refractivity contribution in [3.8, 4) is 11.4 Å². The number of anilines is 1. The average molecular weight is 1060 g/mol. The fourth-order valence-electron chi connectivity index (χ4n) is 9.58. The van der Waals surface area contributed by atoms with E-state index >= 15 is 4.39 Å². The highest BCUT2D eigenvalue weighted by atomic mass is 31.2. The number of amides is 6. The van der Waals surface area contributed by atoms with E-state index in [0.717, 1.165) is 0 Å². The lowest BCUT2D eigenvalue weighted by Gasteiger charge is -2.31. The highest BCUT2D eigenvalue weighted by Crippen LogP contribution is 2.47. The number of nitrogens with two attached hydrogens (primary N) is 1. The van der Waals surface area contributed by atoms with Crippen molar-refractivity contribution in [2.45, 2.75) is 110 Å². The van der Waals surface area contributed by atoms with Crippen molar-refractivity contribution < 1.29 is 66.2 Å². The van der Waals surface area contributed by atoms with Gasteiger partial charge in [0, 0.05) is 41.4 Å². The number of halogens is 1. The molecule has 2 aliphatic heterocycles. The van der Waals surface area contributed by atoms with Crippen LogP contribution in [0.25, 0.3) is 22.3 Å². The van der Waals surface area contributed by atoms with Crippen LogP contribution in [0.3, 0.4) is 0 Å². The summed E-state index contributed by atoms with van der Waals surface area (Å²) in [5, 5.41) is 28.2. The highest BCUT2D eigenvalue weighted by Gasteiger charge is 2.46. The van der Waals surface area contributed by atoms with Gasteiger partial charge in [-0.3, -0.25) is 28.2 Å². The van der Waals surface area contributed by atoms with E-state index in [0.29, 0.717) is 56.6 Å². The van der Waals surface area contributed by atoms with Gasteiger partial charge in [-0.05, 0) is 98.0 Å². The van der Waals surface area contributed by atoms with E-state index in [1.54, 1.807) is 40.8 Å². The number of aliphatic hydroxyl groups is 1. The van der Waals surface area contributed by atoms with Crippen LogP contribution in [0.5, 0.6) is 0 Å². The molecule has 4 heterocycles. The molecule has 1 unspecified atom stereocenters. The molecule has 0 bridgehead atoms. The zero-order valence-corrected chi connectivity index (χ0v) is 43.0. The smallest absolute Gasteiger partial charge is 0.458 e. The van der Waals surface area contributed by atoms with Crippen LogP contribution in [0.15, 0.2) is 47.8 Å². The maximum absolute atomic E-state index is 15.4. The number of cyclic esters (lactones) is 1. The van der Waals surface area contributed by atoms with Crippen molar-refractivity contribution in [2.75, 3.05) is 32.1 Å². The van der Waals surface area contributed by atoms with Gasteiger partial charge in [0.2, 0.25) is 17.7 Å². The lowest BCUT2D eigenvalue weighted by molar-refractivity contribution is -0.172. The Labute approximate surface area is 430 Å². The predicted octanol–water partition coefficient (Wildman–Crippen LogP) is 3.49. The first-order valence-electron chi connectivity index (χ1n) is 24.3. The first-order valence-corrected chi connectivity index (χ1v) is 25.8. The summed E-state index contributed by atoms with van der Waals surface area (Å²) in [6, 6.07) is 3.68. The van der Waals surface area contributed by atoms with Gasteiger partial charge in [-0.2, -0.15) is 0 Å². The molecule has 2 aromatic carbocycles. The van der Waals surface area contributed by atoms with Gasteiger partial charge in [-0.25, -0.2) is 28.3 Å². The molecule has 4 aromatic rings. The Morgan fingerprint density at radius 2 is 1.84 bits per heavy atom. The number of esters is 1. The van der Waals surface area contributed by atoms with E-state index in [1.165, 1.54) is 34.9 Å².